The molecule has 0 N–H and O–H groups in total. The lowest BCUT2D eigenvalue weighted by molar-refractivity contribution is -0.132. The maximum Gasteiger partial charge on any atom is 0.416 e. The molecule has 0 aliphatic rings. The van der Waals surface area contributed by atoms with Crippen molar-refractivity contribution in [2.45, 2.75) is 39.5 Å². The number of carbonyl (C=O) groups is 2. The molecule has 0 aliphatic carbocycles. The Balaban J connectivity index is 4.47. The third-order valence-corrected chi connectivity index (χ3v) is 2.58. The number of amides is 2. The molecule has 0 aromatic carbocycles. The van der Waals surface area contributed by atoms with Crippen LogP contribution in [0, 0.1) is 5.92 Å². The Kier molecular flexibility index (Phi) is 8.11. The average Bonchev–Trinajstić information content (AvgIpc) is 2.33. The van der Waals surface area contributed by atoms with Crippen molar-refractivity contribution in [3.05, 3.63) is 12.7 Å². The van der Waals surface area contributed by atoms with Gasteiger partial charge in [0.2, 0.25) is 5.91 Å². The van der Waals surface area contributed by atoms with Crippen molar-refractivity contribution in [2.24, 2.45) is 5.92 Å². The summed E-state index contributed by atoms with van der Waals surface area (Å²) in [5.41, 5.74) is 0. The highest BCUT2D eigenvalue weighted by Crippen LogP contribution is 2.16. The summed E-state index contributed by atoms with van der Waals surface area (Å²) in [5, 5.41) is 0. The van der Waals surface area contributed by atoms with Gasteiger partial charge in [-0.05, 0) is 19.8 Å². The van der Waals surface area contributed by atoms with Crippen molar-refractivity contribution in [2.75, 3.05) is 13.7 Å². The Bertz CT molecular complexity index is 263. The van der Waals surface area contributed by atoms with Crippen LogP contribution in [0.5, 0.6) is 0 Å². The maximum atomic E-state index is 12.0. The molecule has 0 aliphatic heterocycles. The lowest BCUT2D eigenvalue weighted by Crippen LogP contribution is -2.38. The number of allylic oxidation sites excluding steroid dienone is 1. The number of hydrogen-bond donors (Lipinski definition) is 0. The van der Waals surface area contributed by atoms with Crippen LogP contribution in [-0.4, -0.2) is 30.6 Å². The van der Waals surface area contributed by atoms with Crippen LogP contribution in [0.15, 0.2) is 12.7 Å². The SMILES string of the molecule is C=CCC(CCCC)C(=O)N(C)C(=O)OCC. The quantitative estimate of drug-likeness (QED) is 0.644. The minimum atomic E-state index is -0.580. The van der Waals surface area contributed by atoms with E-state index in [4.69, 9.17) is 4.74 Å². The van der Waals surface area contributed by atoms with Gasteiger partial charge in [-0.1, -0.05) is 25.8 Å². The molecule has 4 heteroatoms. The normalized spacial score (nSPS) is 11.7. The van der Waals surface area contributed by atoms with Gasteiger partial charge in [-0.3, -0.25) is 9.69 Å². The zero-order valence-corrected chi connectivity index (χ0v) is 11.1. The second kappa shape index (κ2) is 8.79. The Morgan fingerprint density at radius 2 is 2.06 bits per heavy atom. The van der Waals surface area contributed by atoms with Gasteiger partial charge in [0, 0.05) is 13.0 Å². The van der Waals surface area contributed by atoms with Gasteiger partial charge < -0.3 is 4.74 Å². The highest BCUT2D eigenvalue weighted by atomic mass is 16.6. The average molecular weight is 241 g/mol. The number of carbonyl (C=O) groups excluding carboxylic acids is 2. The first-order chi connectivity index (χ1) is 8.08. The van der Waals surface area contributed by atoms with Crippen LogP contribution in [0.3, 0.4) is 0 Å². The summed E-state index contributed by atoms with van der Waals surface area (Å²) in [7, 11) is 1.46. The van der Waals surface area contributed by atoms with Gasteiger partial charge in [0.25, 0.3) is 0 Å². The minimum Gasteiger partial charge on any atom is -0.449 e. The first-order valence-corrected chi connectivity index (χ1v) is 6.13. The molecule has 0 rings (SSSR count). The third-order valence-electron chi connectivity index (χ3n) is 2.58. The highest BCUT2D eigenvalue weighted by Gasteiger charge is 2.25. The van der Waals surface area contributed by atoms with E-state index >= 15 is 0 Å². The lowest BCUT2D eigenvalue weighted by atomic mass is 9.97. The van der Waals surface area contributed by atoms with Crippen molar-refractivity contribution < 1.29 is 14.3 Å². The van der Waals surface area contributed by atoms with Crippen LogP contribution in [0.2, 0.25) is 0 Å². The van der Waals surface area contributed by atoms with Gasteiger partial charge in [-0.25, -0.2) is 4.79 Å². The molecule has 0 saturated carbocycles. The van der Waals surface area contributed by atoms with E-state index in [1.807, 2.05) is 0 Å². The van der Waals surface area contributed by atoms with E-state index < -0.39 is 6.09 Å². The molecule has 2 amide bonds. The molecule has 0 heterocycles. The molecule has 4 nitrogen and oxygen atoms in total. The fourth-order valence-electron chi connectivity index (χ4n) is 1.58. The summed E-state index contributed by atoms with van der Waals surface area (Å²) < 4.78 is 4.80. The molecule has 0 aromatic heterocycles. The van der Waals surface area contributed by atoms with E-state index in [0.29, 0.717) is 6.42 Å². The number of hydrogen-bond acceptors (Lipinski definition) is 3. The van der Waals surface area contributed by atoms with Crippen LogP contribution in [0.25, 0.3) is 0 Å². The van der Waals surface area contributed by atoms with Crippen molar-refractivity contribution in [3.63, 3.8) is 0 Å². The third kappa shape index (κ3) is 5.52. The lowest BCUT2D eigenvalue weighted by Gasteiger charge is -2.20. The zero-order valence-electron chi connectivity index (χ0n) is 11.1. The smallest absolute Gasteiger partial charge is 0.416 e. The van der Waals surface area contributed by atoms with Crippen molar-refractivity contribution in [3.8, 4) is 0 Å². The van der Waals surface area contributed by atoms with Crippen molar-refractivity contribution in [1.82, 2.24) is 4.90 Å². The second-order valence-electron chi connectivity index (χ2n) is 3.96. The highest BCUT2D eigenvalue weighted by molar-refractivity contribution is 5.92. The fraction of sp³-hybridized carbons (Fsp3) is 0.692. The maximum absolute atomic E-state index is 12.0. The Morgan fingerprint density at radius 3 is 2.53 bits per heavy atom. The van der Waals surface area contributed by atoms with E-state index in [-0.39, 0.29) is 18.4 Å². The fourth-order valence-corrected chi connectivity index (χ4v) is 1.58. The minimum absolute atomic E-state index is 0.165. The van der Waals surface area contributed by atoms with E-state index in [2.05, 4.69) is 13.5 Å². The zero-order chi connectivity index (χ0) is 13.3. The largest absolute Gasteiger partial charge is 0.449 e. The van der Waals surface area contributed by atoms with Crippen LogP contribution in [0.4, 0.5) is 4.79 Å². The van der Waals surface area contributed by atoms with Gasteiger partial charge in [0.1, 0.15) is 0 Å². The Morgan fingerprint density at radius 1 is 1.41 bits per heavy atom. The monoisotopic (exact) mass is 241 g/mol. The van der Waals surface area contributed by atoms with Gasteiger partial charge >= 0.3 is 6.09 Å². The number of rotatable bonds is 7. The Labute approximate surface area is 104 Å². The Hall–Kier alpha value is -1.32. The second-order valence-corrected chi connectivity index (χ2v) is 3.96. The molecule has 0 fully saturated rings. The molecule has 17 heavy (non-hydrogen) atoms. The van der Waals surface area contributed by atoms with Crippen molar-refractivity contribution >= 4 is 12.0 Å². The predicted octanol–water partition coefficient (Wildman–Crippen LogP) is 2.98. The number of imide groups is 1. The van der Waals surface area contributed by atoms with E-state index in [9.17, 15) is 9.59 Å². The summed E-state index contributed by atoms with van der Waals surface area (Å²) in [6.45, 7) is 7.71. The van der Waals surface area contributed by atoms with Gasteiger partial charge in [-0.2, -0.15) is 0 Å². The predicted molar refractivity (Wildman–Crippen MR) is 67.6 cm³/mol. The van der Waals surface area contributed by atoms with Gasteiger partial charge in [0.15, 0.2) is 0 Å². The van der Waals surface area contributed by atoms with E-state index in [0.717, 1.165) is 24.2 Å². The standard InChI is InChI=1S/C13H23NO3/c1-5-8-10-11(9-6-2)12(15)14(4)13(16)17-7-3/h6,11H,2,5,7-10H2,1,3-4H3. The molecule has 0 spiro atoms. The molecule has 1 unspecified atom stereocenters. The van der Waals surface area contributed by atoms with Crippen LogP contribution < -0.4 is 0 Å². The molecule has 1 atom stereocenters. The van der Waals surface area contributed by atoms with Crippen molar-refractivity contribution in [1.29, 1.82) is 0 Å². The molecule has 0 aromatic rings. The summed E-state index contributed by atoms with van der Waals surface area (Å²) in [5.74, 6) is -0.348. The first-order valence-electron chi connectivity index (χ1n) is 6.13. The van der Waals surface area contributed by atoms with E-state index in [1.165, 1.54) is 7.05 Å². The van der Waals surface area contributed by atoms with Gasteiger partial charge in [-0.15, -0.1) is 6.58 Å². The van der Waals surface area contributed by atoms with Crippen LogP contribution in [-0.2, 0) is 9.53 Å². The molecule has 98 valence electrons. The number of nitrogens with zero attached hydrogens (tertiary/aromatic N) is 1. The molecule has 0 saturated heterocycles. The summed E-state index contributed by atoms with van der Waals surface area (Å²) in [4.78, 5) is 24.5. The molecule has 0 bridgehead atoms. The van der Waals surface area contributed by atoms with Gasteiger partial charge in [0.05, 0.1) is 6.61 Å². The summed E-state index contributed by atoms with van der Waals surface area (Å²) in [6.07, 6.45) is 4.53. The number of ether oxygens (including phenoxy) is 1. The first kappa shape index (κ1) is 15.7. The van der Waals surface area contributed by atoms with Crippen LogP contribution in [0.1, 0.15) is 39.5 Å². The summed E-state index contributed by atoms with van der Waals surface area (Å²) >= 11 is 0. The summed E-state index contributed by atoms with van der Waals surface area (Å²) in [6, 6.07) is 0. The molecular formula is C13H23NO3. The van der Waals surface area contributed by atoms with E-state index in [1.54, 1.807) is 13.0 Å². The molecule has 0 radical (unpaired) electrons. The van der Waals surface area contributed by atoms with Crippen LogP contribution >= 0.6 is 0 Å². The number of unbranched alkanes of at least 4 members (excludes halogenated alkanes) is 1. The molecular weight excluding hydrogens is 218 g/mol. The topological polar surface area (TPSA) is 46.6 Å².